The summed E-state index contributed by atoms with van der Waals surface area (Å²) in [6.45, 7) is 0. The van der Waals surface area contributed by atoms with Crippen LogP contribution in [-0.4, -0.2) is 24.5 Å². The van der Waals surface area contributed by atoms with E-state index >= 15 is 0 Å². The molecule has 0 aromatic heterocycles. The molecule has 2 aromatic rings. The van der Waals surface area contributed by atoms with Crippen molar-refractivity contribution < 1.29 is 52.1 Å². The molecule has 0 bridgehead atoms. The van der Waals surface area contributed by atoms with Gasteiger partial charge in [-0.1, -0.05) is 30.3 Å². The predicted molar refractivity (Wildman–Crippen MR) is 88.4 cm³/mol. The molecule has 126 valence electrons. The summed E-state index contributed by atoms with van der Waals surface area (Å²) in [5.74, 6) is -1.41. The Labute approximate surface area is 172 Å². The van der Waals surface area contributed by atoms with E-state index in [1.165, 1.54) is 18.2 Å². The minimum Gasteiger partial charge on any atom is -0.744 e. The van der Waals surface area contributed by atoms with Crippen LogP contribution >= 0.6 is 0 Å². The van der Waals surface area contributed by atoms with Crippen molar-refractivity contribution in [3.05, 3.63) is 70.9 Å². The molecule has 8 heteroatoms. The Balaban J connectivity index is 0.00000196. The third-order valence-corrected chi connectivity index (χ3v) is 5.31. The Morgan fingerprint density at radius 2 is 1.62 bits per heavy atom. The van der Waals surface area contributed by atoms with Crippen LogP contribution in [0.2, 0.25) is 0 Å². The van der Waals surface area contributed by atoms with Gasteiger partial charge in [0.25, 0.3) is 0 Å². The first-order valence-electron chi connectivity index (χ1n) is 7.59. The molecule has 26 heavy (non-hydrogen) atoms. The number of Topliss-reactive ketones (excluding diaryl/α,β-unsaturated/α-hetero) is 2. The van der Waals surface area contributed by atoms with Crippen molar-refractivity contribution in [1.29, 1.82) is 0 Å². The molecule has 2 aliphatic rings. The summed E-state index contributed by atoms with van der Waals surface area (Å²) in [4.78, 5) is 24.9. The minimum absolute atomic E-state index is 0. The number of fused-ring (bicyclic) bond motifs is 2. The van der Waals surface area contributed by atoms with Crippen LogP contribution in [-0.2, 0) is 16.5 Å². The fourth-order valence-electron chi connectivity index (χ4n) is 3.26. The van der Waals surface area contributed by atoms with Crippen molar-refractivity contribution in [2.75, 3.05) is 5.32 Å². The number of nitrogens with one attached hydrogen (secondary N) is 1. The summed E-state index contributed by atoms with van der Waals surface area (Å²) in [6, 6.07) is 10.7. The van der Waals surface area contributed by atoms with Crippen LogP contribution in [0.1, 0.15) is 26.3 Å². The second kappa shape index (κ2) is 6.75. The van der Waals surface area contributed by atoms with Crippen LogP contribution in [0.3, 0.4) is 0 Å². The molecule has 0 spiro atoms. The van der Waals surface area contributed by atoms with E-state index in [-0.39, 0.29) is 46.0 Å². The van der Waals surface area contributed by atoms with E-state index in [1.54, 1.807) is 30.3 Å². The number of carbonyl (C=O) groups excluding carboxylic acids is 2. The molecule has 1 heterocycles. The Morgan fingerprint density at radius 1 is 1.00 bits per heavy atom. The van der Waals surface area contributed by atoms with E-state index in [0.717, 1.165) is 0 Å². The van der Waals surface area contributed by atoms with Gasteiger partial charge in [-0.3, -0.25) is 9.59 Å². The molecule has 1 N–H and O–H groups in total. The molecular weight excluding hydrogens is 365 g/mol. The van der Waals surface area contributed by atoms with Crippen LogP contribution in [0.25, 0.3) is 0 Å². The molecule has 0 atom stereocenters. The number of carbonyl (C=O) groups is 2. The zero-order valence-electron chi connectivity index (χ0n) is 13.9. The van der Waals surface area contributed by atoms with Gasteiger partial charge in [-0.2, -0.15) is 0 Å². The number of benzene rings is 2. The average Bonchev–Trinajstić information content (AvgIpc) is 2.85. The number of hydrogen-bond donors (Lipinski definition) is 1. The van der Waals surface area contributed by atoms with Crippen LogP contribution in [0, 0.1) is 5.92 Å². The van der Waals surface area contributed by atoms with Gasteiger partial charge in [0.2, 0.25) is 0 Å². The molecular formula is C18H12NNaO5S. The maximum atomic E-state index is 12.6. The summed E-state index contributed by atoms with van der Waals surface area (Å²) >= 11 is 0. The van der Waals surface area contributed by atoms with Crippen LogP contribution in [0.4, 0.5) is 5.69 Å². The normalized spacial score (nSPS) is 16.3. The molecule has 0 amide bonds. The van der Waals surface area contributed by atoms with E-state index in [1.807, 2.05) is 0 Å². The molecule has 4 rings (SSSR count). The molecule has 0 saturated heterocycles. The summed E-state index contributed by atoms with van der Waals surface area (Å²) in [5.41, 5.74) is 2.52. The Morgan fingerprint density at radius 3 is 2.19 bits per heavy atom. The zero-order chi connectivity index (χ0) is 17.8. The van der Waals surface area contributed by atoms with Gasteiger partial charge in [0.15, 0.2) is 11.6 Å². The van der Waals surface area contributed by atoms with E-state index in [0.29, 0.717) is 34.5 Å². The Hall–Kier alpha value is -1.77. The summed E-state index contributed by atoms with van der Waals surface area (Å²) in [7, 11) is -4.53. The first kappa shape index (κ1) is 19.0. The topological polar surface area (TPSA) is 103 Å². The van der Waals surface area contributed by atoms with E-state index in [9.17, 15) is 22.6 Å². The molecule has 2 aromatic carbocycles. The quantitative estimate of drug-likeness (QED) is 0.415. The van der Waals surface area contributed by atoms with Gasteiger partial charge in [0, 0.05) is 22.5 Å². The van der Waals surface area contributed by atoms with Gasteiger partial charge in [-0.05, 0) is 30.2 Å². The Kier molecular flexibility index (Phi) is 4.94. The van der Waals surface area contributed by atoms with Gasteiger partial charge >= 0.3 is 29.6 Å². The van der Waals surface area contributed by atoms with Crippen molar-refractivity contribution in [3.63, 3.8) is 0 Å². The van der Waals surface area contributed by atoms with Crippen LogP contribution in [0.15, 0.2) is 59.1 Å². The zero-order valence-corrected chi connectivity index (χ0v) is 16.7. The summed E-state index contributed by atoms with van der Waals surface area (Å²) < 4.78 is 33.4. The molecule has 0 fully saturated rings. The van der Waals surface area contributed by atoms with Crippen molar-refractivity contribution in [2.45, 2.75) is 11.3 Å². The van der Waals surface area contributed by atoms with Crippen LogP contribution in [0.5, 0.6) is 0 Å². The number of ketones is 2. The summed E-state index contributed by atoms with van der Waals surface area (Å²) in [5, 5.41) is 3.04. The standard InChI is InChI=1S/C18H13NO5S.Na/c20-17-12-3-1-2-4-13(12)18(21)16(17)15-7-5-10-9-11(25(22,23)24)6-8-14(10)19-15;/h1-4,6-9,16,19H,5H2,(H,22,23,24);/q;+1/p-1. The molecule has 1 aliphatic heterocycles. The van der Waals surface area contributed by atoms with Crippen molar-refractivity contribution in [2.24, 2.45) is 5.92 Å². The monoisotopic (exact) mass is 377 g/mol. The number of allylic oxidation sites excluding steroid dienone is 2. The first-order chi connectivity index (χ1) is 11.9. The van der Waals surface area contributed by atoms with Crippen molar-refractivity contribution in [3.8, 4) is 0 Å². The maximum absolute atomic E-state index is 12.6. The second-order valence-corrected chi connectivity index (χ2v) is 7.35. The molecule has 0 saturated carbocycles. The third-order valence-electron chi connectivity index (χ3n) is 4.48. The molecule has 0 unspecified atom stereocenters. The number of hydrogen-bond acceptors (Lipinski definition) is 6. The fraction of sp³-hybridized carbons (Fsp3) is 0.111. The largest absolute Gasteiger partial charge is 1.00 e. The van der Waals surface area contributed by atoms with Gasteiger partial charge in [-0.15, -0.1) is 0 Å². The van der Waals surface area contributed by atoms with Gasteiger partial charge in [0.1, 0.15) is 16.0 Å². The van der Waals surface area contributed by atoms with E-state index < -0.39 is 16.0 Å². The third kappa shape index (κ3) is 3.06. The van der Waals surface area contributed by atoms with Crippen molar-refractivity contribution in [1.82, 2.24) is 0 Å². The van der Waals surface area contributed by atoms with Gasteiger partial charge in [0.05, 0.1) is 4.90 Å². The second-order valence-electron chi connectivity index (χ2n) is 5.97. The van der Waals surface area contributed by atoms with E-state index in [4.69, 9.17) is 0 Å². The number of rotatable bonds is 2. The fourth-order valence-corrected chi connectivity index (χ4v) is 3.78. The van der Waals surface area contributed by atoms with Gasteiger partial charge < -0.3 is 9.87 Å². The predicted octanol–water partition coefficient (Wildman–Crippen LogP) is -0.858. The smallest absolute Gasteiger partial charge is 0.744 e. The summed E-state index contributed by atoms with van der Waals surface area (Å²) in [6.07, 6.45) is 2.02. The number of anilines is 1. The van der Waals surface area contributed by atoms with Crippen molar-refractivity contribution >= 4 is 27.4 Å². The minimum atomic E-state index is -4.53. The molecule has 0 radical (unpaired) electrons. The molecule has 1 aliphatic carbocycles. The van der Waals surface area contributed by atoms with Crippen LogP contribution < -0.4 is 34.9 Å². The average molecular weight is 377 g/mol. The Bertz CT molecular complexity index is 1040. The SMILES string of the molecule is O=C1c2ccccc2C(=O)C1C1=CCc2cc(S(=O)(=O)[O-])ccc2N1.[Na+]. The maximum Gasteiger partial charge on any atom is 1.00 e. The molecule has 6 nitrogen and oxygen atoms in total. The van der Waals surface area contributed by atoms with Gasteiger partial charge in [-0.25, -0.2) is 8.42 Å². The van der Waals surface area contributed by atoms with E-state index in [2.05, 4.69) is 5.32 Å². The first-order valence-corrected chi connectivity index (χ1v) is 9.00.